The molecular formula is C19H15F5N10O2. The summed E-state index contributed by atoms with van der Waals surface area (Å²) in [5.74, 6) is -2.41. The Balaban J connectivity index is 1.55. The van der Waals surface area contributed by atoms with Crippen LogP contribution in [0.2, 0.25) is 0 Å². The largest absolute Gasteiger partial charge is 0.418 e. The number of nitrogen functional groups attached to an aromatic ring is 1. The summed E-state index contributed by atoms with van der Waals surface area (Å²) in [7, 11) is 0. The van der Waals surface area contributed by atoms with E-state index in [9.17, 15) is 26.7 Å². The van der Waals surface area contributed by atoms with Gasteiger partial charge in [-0.2, -0.15) is 27.1 Å². The maximum Gasteiger partial charge on any atom is 0.389 e. The summed E-state index contributed by atoms with van der Waals surface area (Å²) >= 11 is 0. The predicted octanol–water partition coefficient (Wildman–Crippen LogP) is 2.63. The number of rotatable bonds is 6. The van der Waals surface area contributed by atoms with Crippen LogP contribution < -0.4 is 11.1 Å². The number of carbonyl (C=O) groups is 1. The number of aryl methyl sites for hydroxylation is 1. The Hall–Kier alpha value is -4.31. The number of alkyl halides is 5. The molecule has 1 amide bonds. The van der Waals surface area contributed by atoms with Crippen LogP contribution in [0, 0.1) is 0 Å². The summed E-state index contributed by atoms with van der Waals surface area (Å²) in [4.78, 5) is 29.7. The van der Waals surface area contributed by atoms with Crippen molar-refractivity contribution >= 4 is 23.2 Å². The van der Waals surface area contributed by atoms with Crippen molar-refractivity contribution in [3.63, 3.8) is 0 Å². The molecule has 0 spiro atoms. The van der Waals surface area contributed by atoms with Crippen LogP contribution in [0.3, 0.4) is 0 Å². The first-order valence-electron chi connectivity index (χ1n) is 10.3. The third-order valence-electron chi connectivity index (χ3n) is 5.61. The van der Waals surface area contributed by atoms with Gasteiger partial charge in [0.1, 0.15) is 23.7 Å². The summed E-state index contributed by atoms with van der Waals surface area (Å²) in [6.45, 7) is 1.34. The SMILES string of the molecule is CC1(c2nnc(C(F)F)o2)C(=O)Nc2nc(-c3cn4ncnc4c(CCCC(F)(F)F)n3)nc(N)c21. The predicted molar refractivity (Wildman–Crippen MR) is 110 cm³/mol. The number of anilines is 2. The van der Waals surface area contributed by atoms with Crippen molar-refractivity contribution in [2.24, 2.45) is 0 Å². The minimum atomic E-state index is -4.32. The summed E-state index contributed by atoms with van der Waals surface area (Å²) in [5, 5.41) is 13.3. The van der Waals surface area contributed by atoms with Crippen LogP contribution in [0.25, 0.3) is 17.2 Å². The maximum absolute atomic E-state index is 12.9. The number of carbonyl (C=O) groups excluding carboxylic acids is 1. The molecule has 5 rings (SSSR count). The van der Waals surface area contributed by atoms with Gasteiger partial charge in [0.05, 0.1) is 17.5 Å². The lowest BCUT2D eigenvalue weighted by Gasteiger charge is -2.18. The molecule has 1 unspecified atom stereocenters. The second kappa shape index (κ2) is 8.13. The van der Waals surface area contributed by atoms with Gasteiger partial charge in [0.2, 0.25) is 11.8 Å². The number of hydrogen-bond acceptors (Lipinski definition) is 10. The van der Waals surface area contributed by atoms with Gasteiger partial charge in [0.15, 0.2) is 16.9 Å². The summed E-state index contributed by atoms with van der Waals surface area (Å²) in [5.41, 5.74) is 5.03. The number of nitrogens with one attached hydrogen (secondary N) is 1. The Morgan fingerprint density at radius 1 is 1.22 bits per heavy atom. The molecule has 1 atom stereocenters. The van der Waals surface area contributed by atoms with E-state index in [1.54, 1.807) is 0 Å². The molecule has 17 heteroatoms. The molecule has 188 valence electrons. The lowest BCUT2D eigenvalue weighted by atomic mass is 9.84. The van der Waals surface area contributed by atoms with Gasteiger partial charge < -0.3 is 15.5 Å². The van der Waals surface area contributed by atoms with Crippen molar-refractivity contribution in [1.29, 1.82) is 0 Å². The lowest BCUT2D eigenvalue weighted by Crippen LogP contribution is -2.33. The van der Waals surface area contributed by atoms with Gasteiger partial charge in [-0.1, -0.05) is 0 Å². The van der Waals surface area contributed by atoms with Crippen LogP contribution in [0.5, 0.6) is 0 Å². The third kappa shape index (κ3) is 3.85. The highest BCUT2D eigenvalue weighted by atomic mass is 19.4. The molecule has 0 aliphatic carbocycles. The van der Waals surface area contributed by atoms with E-state index in [0.29, 0.717) is 0 Å². The van der Waals surface area contributed by atoms with Crippen LogP contribution in [-0.4, -0.2) is 51.8 Å². The van der Waals surface area contributed by atoms with Gasteiger partial charge >= 0.3 is 12.6 Å². The van der Waals surface area contributed by atoms with E-state index in [-0.39, 0.29) is 52.9 Å². The first-order chi connectivity index (χ1) is 17.0. The molecule has 1 aliphatic rings. The van der Waals surface area contributed by atoms with Crippen LogP contribution in [0.4, 0.5) is 33.6 Å². The lowest BCUT2D eigenvalue weighted by molar-refractivity contribution is -0.135. The molecule has 0 saturated carbocycles. The van der Waals surface area contributed by atoms with Gasteiger partial charge in [0.25, 0.3) is 5.89 Å². The molecule has 0 bridgehead atoms. The molecule has 4 aromatic rings. The molecular weight excluding hydrogens is 495 g/mol. The fraction of sp³-hybridized carbons (Fsp3) is 0.368. The normalized spacial score (nSPS) is 17.7. The second-order valence-electron chi connectivity index (χ2n) is 8.05. The quantitative estimate of drug-likeness (QED) is 0.369. The number of fused-ring (bicyclic) bond motifs is 2. The highest BCUT2D eigenvalue weighted by Crippen LogP contribution is 2.44. The molecule has 5 heterocycles. The van der Waals surface area contributed by atoms with Gasteiger partial charge in [-0.15, -0.1) is 10.2 Å². The first kappa shape index (κ1) is 23.4. The van der Waals surface area contributed by atoms with Crippen molar-refractivity contribution in [3.8, 4) is 11.5 Å². The first-order valence-corrected chi connectivity index (χ1v) is 10.3. The van der Waals surface area contributed by atoms with Gasteiger partial charge in [-0.3, -0.25) is 4.79 Å². The third-order valence-corrected chi connectivity index (χ3v) is 5.61. The topological polar surface area (TPSA) is 163 Å². The van der Waals surface area contributed by atoms with Gasteiger partial charge in [-0.05, 0) is 19.8 Å². The zero-order valence-corrected chi connectivity index (χ0v) is 18.2. The van der Waals surface area contributed by atoms with Crippen molar-refractivity contribution in [1.82, 2.24) is 39.7 Å². The number of aromatic nitrogens is 8. The Labute approximate surface area is 197 Å². The number of halogens is 5. The van der Waals surface area contributed by atoms with E-state index in [1.807, 2.05) is 0 Å². The molecule has 4 aromatic heterocycles. The van der Waals surface area contributed by atoms with Gasteiger partial charge in [-0.25, -0.2) is 24.5 Å². The number of hydrogen-bond donors (Lipinski definition) is 2. The molecule has 0 aromatic carbocycles. The van der Waals surface area contributed by atoms with Crippen LogP contribution in [-0.2, 0) is 16.6 Å². The maximum atomic E-state index is 12.9. The van der Waals surface area contributed by atoms with Crippen LogP contribution >= 0.6 is 0 Å². The van der Waals surface area contributed by atoms with E-state index in [0.717, 1.165) is 0 Å². The summed E-state index contributed by atoms with van der Waals surface area (Å²) < 4.78 is 70.0. The summed E-state index contributed by atoms with van der Waals surface area (Å²) in [6, 6.07) is 0. The van der Waals surface area contributed by atoms with E-state index >= 15 is 0 Å². The Morgan fingerprint density at radius 3 is 2.69 bits per heavy atom. The monoisotopic (exact) mass is 510 g/mol. The Morgan fingerprint density at radius 2 is 2.00 bits per heavy atom. The molecule has 1 aliphatic heterocycles. The highest BCUT2D eigenvalue weighted by molar-refractivity contribution is 6.08. The zero-order valence-electron chi connectivity index (χ0n) is 18.2. The summed E-state index contributed by atoms with van der Waals surface area (Å²) in [6.07, 6.45) is -6.02. The van der Waals surface area contributed by atoms with E-state index < -0.39 is 42.1 Å². The zero-order chi connectivity index (χ0) is 25.8. The molecule has 36 heavy (non-hydrogen) atoms. The minimum Gasteiger partial charge on any atom is -0.418 e. The van der Waals surface area contributed by atoms with E-state index in [4.69, 9.17) is 10.2 Å². The molecule has 3 N–H and O–H groups in total. The average molecular weight is 510 g/mol. The van der Waals surface area contributed by atoms with E-state index in [1.165, 1.54) is 24.0 Å². The second-order valence-corrected chi connectivity index (χ2v) is 8.05. The van der Waals surface area contributed by atoms with Gasteiger partial charge in [0, 0.05) is 6.42 Å². The minimum absolute atomic E-state index is 0.0351. The van der Waals surface area contributed by atoms with Crippen LogP contribution in [0.15, 0.2) is 16.9 Å². The average Bonchev–Trinajstić information content (AvgIpc) is 3.52. The molecule has 0 fully saturated rings. The molecule has 12 nitrogen and oxygen atoms in total. The number of nitrogens with zero attached hydrogens (tertiary/aromatic N) is 8. The fourth-order valence-corrected chi connectivity index (χ4v) is 3.87. The number of amides is 1. The smallest absolute Gasteiger partial charge is 0.389 e. The van der Waals surface area contributed by atoms with Crippen molar-refractivity contribution in [2.75, 3.05) is 11.1 Å². The standard InChI is InChI=1S/C19H15F5N10O2/c1-18(17-33-32-15(36-17)10(20)21)9-11(25)29-12(30-13(9)31-16(18)35)8-5-34-14(26-6-27-34)7(28-8)3-2-4-19(22,23)24/h5-6,10H,2-4H2,1H3,(H3,25,29,30,31,35). The van der Waals surface area contributed by atoms with Crippen molar-refractivity contribution < 1.29 is 31.2 Å². The highest BCUT2D eigenvalue weighted by Gasteiger charge is 2.52. The van der Waals surface area contributed by atoms with E-state index in [2.05, 4.69) is 40.5 Å². The fourth-order valence-electron chi connectivity index (χ4n) is 3.87. The number of nitrogens with two attached hydrogens (primary N) is 1. The molecule has 0 radical (unpaired) electrons. The van der Waals surface area contributed by atoms with Crippen molar-refractivity contribution in [2.45, 2.75) is 44.2 Å². The van der Waals surface area contributed by atoms with Crippen LogP contribution in [0.1, 0.15) is 49.2 Å². The Kier molecular flexibility index (Phi) is 5.29. The van der Waals surface area contributed by atoms with Crippen molar-refractivity contribution in [3.05, 3.63) is 35.6 Å². The molecule has 0 saturated heterocycles. The Bertz CT molecular complexity index is 1480.